The predicted molar refractivity (Wildman–Crippen MR) is 146 cm³/mol. The Kier molecular flexibility index (Phi) is 9.96. The molecule has 1 aliphatic heterocycles. The number of benzene rings is 2. The number of likely N-dealkylation sites (tertiary alicyclic amines) is 1. The maximum Gasteiger partial charge on any atom is 0.490 e. The molecular weight excluding hydrogens is 549 g/mol. The molecule has 1 aliphatic rings. The summed E-state index contributed by atoms with van der Waals surface area (Å²) in [5.41, 5.74) is 1.60. The highest BCUT2D eigenvalue weighted by Gasteiger charge is 2.38. The van der Waals surface area contributed by atoms with Gasteiger partial charge in [-0.05, 0) is 63.9 Å². The summed E-state index contributed by atoms with van der Waals surface area (Å²) in [5.74, 6) is -2.75. The number of carbonyl (C=O) groups excluding carboxylic acids is 1. The van der Waals surface area contributed by atoms with Crippen LogP contribution >= 0.6 is 11.6 Å². The fourth-order valence-electron chi connectivity index (χ4n) is 4.51. The lowest BCUT2D eigenvalue weighted by Crippen LogP contribution is -2.48. The second-order valence-electron chi connectivity index (χ2n) is 10.7. The molecule has 2 heterocycles. The van der Waals surface area contributed by atoms with Crippen LogP contribution < -0.4 is 10.9 Å². The van der Waals surface area contributed by atoms with Gasteiger partial charge in [-0.1, -0.05) is 41.9 Å². The fraction of sp³-hybridized carbons (Fsp3) is 0.429. The second-order valence-corrected chi connectivity index (χ2v) is 11.1. The van der Waals surface area contributed by atoms with Gasteiger partial charge in [0.1, 0.15) is 0 Å². The Morgan fingerprint density at radius 3 is 2.25 bits per heavy atom. The highest BCUT2D eigenvalue weighted by molar-refractivity contribution is 6.30. The number of aliphatic carboxylic acids is 1. The number of amides is 1. The van der Waals surface area contributed by atoms with E-state index in [9.17, 15) is 22.8 Å². The van der Waals surface area contributed by atoms with Gasteiger partial charge in [0.25, 0.3) is 5.56 Å². The number of alkyl halides is 3. The number of carboxylic acids is 1. The Hall–Kier alpha value is -3.44. The number of halogens is 4. The average molecular weight is 581 g/mol. The summed E-state index contributed by atoms with van der Waals surface area (Å²) in [4.78, 5) is 36.8. The van der Waals surface area contributed by atoms with Gasteiger partial charge in [-0.15, -0.1) is 0 Å². The summed E-state index contributed by atoms with van der Waals surface area (Å²) in [6.45, 7) is 7.59. The lowest BCUT2D eigenvalue weighted by atomic mass is 10.0. The van der Waals surface area contributed by atoms with E-state index in [2.05, 4.69) is 10.2 Å². The zero-order valence-electron chi connectivity index (χ0n) is 22.5. The van der Waals surface area contributed by atoms with Crippen LogP contribution in [-0.2, 0) is 22.6 Å². The van der Waals surface area contributed by atoms with Crippen molar-refractivity contribution in [2.45, 2.75) is 64.3 Å². The van der Waals surface area contributed by atoms with E-state index >= 15 is 0 Å². The molecule has 0 bridgehead atoms. The van der Waals surface area contributed by atoms with Crippen LogP contribution in [0.25, 0.3) is 10.8 Å². The topological polar surface area (TPSA) is 105 Å². The van der Waals surface area contributed by atoms with Crippen LogP contribution in [0.15, 0.2) is 53.3 Å². The molecule has 1 aromatic heterocycles. The molecule has 0 aliphatic carbocycles. The van der Waals surface area contributed by atoms with Gasteiger partial charge in [-0.25, -0.2) is 9.48 Å². The van der Waals surface area contributed by atoms with Crippen LogP contribution in [-0.4, -0.2) is 62.5 Å². The Bertz CT molecular complexity index is 1400. The van der Waals surface area contributed by atoms with Crippen molar-refractivity contribution in [1.82, 2.24) is 20.0 Å². The third kappa shape index (κ3) is 8.79. The zero-order chi connectivity index (χ0) is 29.7. The van der Waals surface area contributed by atoms with Crippen LogP contribution in [0.5, 0.6) is 0 Å². The zero-order valence-corrected chi connectivity index (χ0v) is 23.2. The first-order valence-corrected chi connectivity index (χ1v) is 13.1. The Morgan fingerprint density at radius 2 is 1.68 bits per heavy atom. The standard InChI is InChI=1S/C26H31ClN4O2.C2HF3O2/c1-26(2,3)28-24(32)17-30-14-6-7-20(30)16-31-25(33)22-9-5-4-8-21(22)23(29-31)15-18-10-12-19(27)13-11-18;3-2(4,5)1(6)7/h4-5,8-13,20H,6-7,14-17H2,1-3H3,(H,28,32);(H,6,7). The number of nitrogens with zero attached hydrogens (tertiary/aromatic N) is 3. The molecule has 0 saturated carbocycles. The van der Waals surface area contributed by atoms with Crippen molar-refractivity contribution < 1.29 is 27.9 Å². The molecule has 2 aromatic carbocycles. The van der Waals surface area contributed by atoms with Gasteiger partial charge in [0, 0.05) is 28.4 Å². The number of hydrogen-bond acceptors (Lipinski definition) is 5. The van der Waals surface area contributed by atoms with E-state index in [0.717, 1.165) is 36.0 Å². The van der Waals surface area contributed by atoms with Crippen molar-refractivity contribution in [3.05, 3.63) is 75.2 Å². The van der Waals surface area contributed by atoms with Gasteiger partial charge in [0.15, 0.2) is 0 Å². The number of hydrogen-bond donors (Lipinski definition) is 2. The first-order valence-electron chi connectivity index (χ1n) is 12.7. The summed E-state index contributed by atoms with van der Waals surface area (Å²) in [6, 6.07) is 15.5. The number of carbonyl (C=O) groups is 2. The van der Waals surface area contributed by atoms with E-state index in [1.807, 2.05) is 69.3 Å². The van der Waals surface area contributed by atoms with E-state index < -0.39 is 12.1 Å². The lowest BCUT2D eigenvalue weighted by Gasteiger charge is -2.27. The van der Waals surface area contributed by atoms with E-state index in [4.69, 9.17) is 26.6 Å². The Balaban J connectivity index is 0.000000559. The summed E-state index contributed by atoms with van der Waals surface area (Å²) in [6.07, 6.45) is -2.52. The SMILES string of the molecule is CC(C)(C)NC(=O)CN1CCCC1Cn1nc(Cc2ccc(Cl)cc2)c2ccccc2c1=O.O=C(O)C(F)(F)F. The van der Waals surface area contributed by atoms with Gasteiger partial charge in [-0.2, -0.15) is 18.3 Å². The van der Waals surface area contributed by atoms with Crippen molar-refractivity contribution in [1.29, 1.82) is 0 Å². The minimum Gasteiger partial charge on any atom is -0.475 e. The van der Waals surface area contributed by atoms with Crippen molar-refractivity contribution in [2.24, 2.45) is 0 Å². The van der Waals surface area contributed by atoms with Gasteiger partial charge >= 0.3 is 12.1 Å². The van der Waals surface area contributed by atoms with E-state index in [-0.39, 0.29) is 23.0 Å². The molecule has 0 radical (unpaired) electrons. The summed E-state index contributed by atoms with van der Waals surface area (Å²) in [5, 5.41) is 17.2. The first-order chi connectivity index (χ1) is 18.6. The van der Waals surface area contributed by atoms with E-state index in [0.29, 0.717) is 29.9 Å². The normalized spacial score (nSPS) is 15.9. The third-order valence-corrected chi connectivity index (χ3v) is 6.47. The molecular formula is C28H32ClF3N4O4. The van der Waals surface area contributed by atoms with Crippen LogP contribution in [0.1, 0.15) is 44.9 Å². The largest absolute Gasteiger partial charge is 0.490 e. The minimum absolute atomic E-state index is 0.0108. The average Bonchev–Trinajstić information content (AvgIpc) is 3.28. The number of aromatic nitrogens is 2. The molecule has 4 rings (SSSR count). The van der Waals surface area contributed by atoms with Gasteiger partial charge in [0.05, 0.1) is 24.2 Å². The fourth-order valence-corrected chi connectivity index (χ4v) is 4.63. The van der Waals surface area contributed by atoms with Crippen LogP contribution in [0.2, 0.25) is 5.02 Å². The van der Waals surface area contributed by atoms with Crippen molar-refractivity contribution in [3.8, 4) is 0 Å². The number of fused-ring (bicyclic) bond motifs is 1. The maximum absolute atomic E-state index is 13.3. The molecule has 40 heavy (non-hydrogen) atoms. The second kappa shape index (κ2) is 12.8. The quantitative estimate of drug-likeness (QED) is 0.440. The van der Waals surface area contributed by atoms with Crippen LogP contribution in [0, 0.1) is 0 Å². The first kappa shape index (κ1) is 31.1. The van der Waals surface area contributed by atoms with E-state index in [1.165, 1.54) is 0 Å². The highest BCUT2D eigenvalue weighted by Crippen LogP contribution is 2.21. The molecule has 1 atom stereocenters. The minimum atomic E-state index is -5.08. The predicted octanol–water partition coefficient (Wildman–Crippen LogP) is 4.65. The molecule has 12 heteroatoms. The van der Waals surface area contributed by atoms with Gasteiger partial charge < -0.3 is 10.4 Å². The molecule has 8 nitrogen and oxygen atoms in total. The van der Waals surface area contributed by atoms with Crippen molar-refractivity contribution >= 4 is 34.2 Å². The van der Waals surface area contributed by atoms with Crippen molar-refractivity contribution in [2.75, 3.05) is 13.1 Å². The molecule has 1 fully saturated rings. The van der Waals surface area contributed by atoms with Gasteiger partial charge in [-0.3, -0.25) is 14.5 Å². The van der Waals surface area contributed by atoms with Gasteiger partial charge in [0.2, 0.25) is 5.91 Å². The Labute approximate surface area is 234 Å². The van der Waals surface area contributed by atoms with Crippen molar-refractivity contribution in [3.63, 3.8) is 0 Å². The summed E-state index contributed by atoms with van der Waals surface area (Å²) >= 11 is 6.04. The molecule has 1 amide bonds. The molecule has 2 N–H and O–H groups in total. The summed E-state index contributed by atoms with van der Waals surface area (Å²) in [7, 11) is 0. The van der Waals surface area contributed by atoms with Crippen LogP contribution in [0.3, 0.4) is 0 Å². The third-order valence-electron chi connectivity index (χ3n) is 6.22. The Morgan fingerprint density at radius 1 is 1.07 bits per heavy atom. The molecule has 1 unspecified atom stereocenters. The molecule has 216 valence electrons. The molecule has 3 aromatic rings. The highest BCUT2D eigenvalue weighted by atomic mass is 35.5. The monoisotopic (exact) mass is 580 g/mol. The lowest BCUT2D eigenvalue weighted by molar-refractivity contribution is -0.192. The number of rotatable bonds is 6. The maximum atomic E-state index is 13.3. The molecule has 0 spiro atoms. The van der Waals surface area contributed by atoms with Crippen LogP contribution in [0.4, 0.5) is 13.2 Å². The van der Waals surface area contributed by atoms with E-state index in [1.54, 1.807) is 4.68 Å². The molecule has 1 saturated heterocycles. The number of nitrogens with one attached hydrogen (secondary N) is 1. The summed E-state index contributed by atoms with van der Waals surface area (Å²) < 4.78 is 33.3. The smallest absolute Gasteiger partial charge is 0.475 e. The number of carboxylic acid groups (broad SMARTS) is 1.